The Hall–Kier alpha value is -1.30. The van der Waals surface area contributed by atoms with Crippen molar-refractivity contribution in [3.8, 4) is 11.5 Å². The van der Waals surface area contributed by atoms with Gasteiger partial charge in [-0.1, -0.05) is 0 Å². The normalized spacial score (nSPS) is 22.9. The molecule has 0 aliphatic carbocycles. The molecule has 2 rings (SSSR count). The molecule has 0 radical (unpaired) electrons. The highest BCUT2D eigenvalue weighted by Crippen LogP contribution is 2.29. The number of carbonyl (C=O) groups is 1. The van der Waals surface area contributed by atoms with Crippen LogP contribution in [0.5, 0.6) is 11.5 Å². The van der Waals surface area contributed by atoms with Gasteiger partial charge in [0.15, 0.2) is 17.2 Å². The number of hydrogen-bond acceptors (Lipinski definition) is 5. The van der Waals surface area contributed by atoms with E-state index in [2.05, 4.69) is 10.6 Å². The van der Waals surface area contributed by atoms with E-state index in [0.29, 0.717) is 24.1 Å². The first-order chi connectivity index (χ1) is 8.13. The number of phenols is 1. The summed E-state index contributed by atoms with van der Waals surface area (Å²) in [7, 11) is 0. The van der Waals surface area contributed by atoms with Crippen LogP contribution in [0.4, 0.5) is 0 Å². The van der Waals surface area contributed by atoms with E-state index in [4.69, 9.17) is 4.74 Å². The number of phenolic OH excluding ortho intramolecular Hbond substituents is 1. The molecule has 100 valence electrons. The molecule has 1 heterocycles. The SMILES string of the molecule is C[C@]1(Oc2ccc(C=O)cc2O)CNCCN1.Cl. The molecular formula is C12H17ClN2O3. The van der Waals surface area contributed by atoms with Gasteiger partial charge in [-0.15, -0.1) is 12.4 Å². The Morgan fingerprint density at radius 3 is 2.78 bits per heavy atom. The molecule has 18 heavy (non-hydrogen) atoms. The van der Waals surface area contributed by atoms with Crippen LogP contribution in [0.15, 0.2) is 18.2 Å². The van der Waals surface area contributed by atoms with Crippen molar-refractivity contribution in [2.24, 2.45) is 0 Å². The fourth-order valence-corrected chi connectivity index (χ4v) is 1.81. The summed E-state index contributed by atoms with van der Waals surface area (Å²) < 4.78 is 5.73. The molecule has 1 saturated heterocycles. The number of ether oxygens (including phenoxy) is 1. The zero-order valence-electron chi connectivity index (χ0n) is 10.1. The van der Waals surface area contributed by atoms with Crippen molar-refractivity contribution in [1.29, 1.82) is 0 Å². The fraction of sp³-hybridized carbons (Fsp3) is 0.417. The minimum absolute atomic E-state index is 0. The maximum Gasteiger partial charge on any atom is 0.170 e. The van der Waals surface area contributed by atoms with Crippen LogP contribution >= 0.6 is 12.4 Å². The van der Waals surface area contributed by atoms with Gasteiger partial charge in [-0.2, -0.15) is 0 Å². The predicted molar refractivity (Wildman–Crippen MR) is 70.6 cm³/mol. The Morgan fingerprint density at radius 2 is 2.22 bits per heavy atom. The van der Waals surface area contributed by atoms with Gasteiger partial charge in [0, 0.05) is 25.2 Å². The minimum Gasteiger partial charge on any atom is -0.504 e. The second-order valence-electron chi connectivity index (χ2n) is 4.28. The second-order valence-corrected chi connectivity index (χ2v) is 4.28. The Kier molecular flexibility index (Phi) is 4.95. The van der Waals surface area contributed by atoms with E-state index >= 15 is 0 Å². The van der Waals surface area contributed by atoms with E-state index in [0.717, 1.165) is 13.1 Å². The number of halogens is 1. The molecule has 0 aromatic heterocycles. The quantitative estimate of drug-likeness (QED) is 0.714. The van der Waals surface area contributed by atoms with Crippen molar-refractivity contribution in [2.75, 3.05) is 19.6 Å². The molecule has 1 atom stereocenters. The molecule has 1 aromatic rings. The number of carbonyl (C=O) groups excluding carboxylic acids is 1. The van der Waals surface area contributed by atoms with Gasteiger partial charge in [0.05, 0.1) is 0 Å². The standard InChI is InChI=1S/C12H16N2O3.ClH/c1-12(8-13-4-5-14-12)17-11-3-2-9(7-15)6-10(11)16;/h2-3,6-7,13-14,16H,4-5,8H2,1H3;1H/t12-;/m0./s1. The van der Waals surface area contributed by atoms with Crippen LogP contribution in [0.1, 0.15) is 17.3 Å². The van der Waals surface area contributed by atoms with Gasteiger partial charge < -0.3 is 15.2 Å². The highest BCUT2D eigenvalue weighted by Gasteiger charge is 2.28. The Labute approximate surface area is 112 Å². The van der Waals surface area contributed by atoms with E-state index in [9.17, 15) is 9.90 Å². The van der Waals surface area contributed by atoms with Crippen LogP contribution in [-0.2, 0) is 0 Å². The largest absolute Gasteiger partial charge is 0.504 e. The predicted octanol–water partition coefficient (Wildman–Crippen LogP) is 0.914. The van der Waals surface area contributed by atoms with Crippen LogP contribution in [0.3, 0.4) is 0 Å². The van der Waals surface area contributed by atoms with Crippen LogP contribution in [-0.4, -0.2) is 36.8 Å². The Bertz CT molecular complexity index is 420. The van der Waals surface area contributed by atoms with Crippen molar-refractivity contribution in [1.82, 2.24) is 10.6 Å². The van der Waals surface area contributed by atoms with Gasteiger partial charge in [-0.25, -0.2) is 0 Å². The first-order valence-electron chi connectivity index (χ1n) is 5.56. The monoisotopic (exact) mass is 272 g/mol. The number of piperazine rings is 1. The van der Waals surface area contributed by atoms with E-state index in [-0.39, 0.29) is 18.2 Å². The van der Waals surface area contributed by atoms with Crippen LogP contribution < -0.4 is 15.4 Å². The van der Waals surface area contributed by atoms with Crippen LogP contribution in [0.2, 0.25) is 0 Å². The van der Waals surface area contributed by atoms with E-state index in [1.165, 1.54) is 6.07 Å². The van der Waals surface area contributed by atoms with E-state index in [1.54, 1.807) is 12.1 Å². The second kappa shape index (κ2) is 6.04. The van der Waals surface area contributed by atoms with E-state index < -0.39 is 5.72 Å². The summed E-state index contributed by atoms with van der Waals surface area (Å²) in [6.45, 7) is 4.27. The Balaban J connectivity index is 0.00000162. The zero-order chi connectivity index (χ0) is 12.3. The smallest absolute Gasteiger partial charge is 0.170 e. The molecule has 0 unspecified atom stereocenters. The van der Waals surface area contributed by atoms with Gasteiger partial charge in [0.2, 0.25) is 0 Å². The molecule has 6 heteroatoms. The average Bonchev–Trinajstić information content (AvgIpc) is 2.32. The number of nitrogens with one attached hydrogen (secondary N) is 2. The molecule has 1 fully saturated rings. The molecule has 3 N–H and O–H groups in total. The number of aromatic hydroxyl groups is 1. The van der Waals surface area contributed by atoms with E-state index in [1.807, 2.05) is 6.92 Å². The van der Waals surface area contributed by atoms with Crippen molar-refractivity contribution < 1.29 is 14.6 Å². The summed E-state index contributed by atoms with van der Waals surface area (Å²) in [5.74, 6) is 0.345. The van der Waals surface area contributed by atoms with Gasteiger partial charge >= 0.3 is 0 Å². The van der Waals surface area contributed by atoms with Crippen molar-refractivity contribution >= 4 is 18.7 Å². The maximum atomic E-state index is 10.5. The number of benzene rings is 1. The summed E-state index contributed by atoms with van der Waals surface area (Å²) in [5, 5.41) is 16.2. The first-order valence-corrected chi connectivity index (χ1v) is 5.56. The van der Waals surface area contributed by atoms with Crippen molar-refractivity contribution in [3.05, 3.63) is 23.8 Å². The lowest BCUT2D eigenvalue weighted by Gasteiger charge is -2.35. The van der Waals surface area contributed by atoms with Crippen LogP contribution in [0, 0.1) is 0 Å². The number of aldehydes is 1. The number of rotatable bonds is 3. The van der Waals surface area contributed by atoms with Crippen LogP contribution in [0.25, 0.3) is 0 Å². The molecule has 1 aliphatic rings. The maximum absolute atomic E-state index is 10.5. The summed E-state index contributed by atoms with van der Waals surface area (Å²) in [6.07, 6.45) is 0.686. The van der Waals surface area contributed by atoms with Gasteiger partial charge in [0.1, 0.15) is 6.29 Å². The van der Waals surface area contributed by atoms with Crippen molar-refractivity contribution in [3.63, 3.8) is 0 Å². The fourth-order valence-electron chi connectivity index (χ4n) is 1.81. The molecule has 0 bridgehead atoms. The molecular weight excluding hydrogens is 256 g/mol. The minimum atomic E-state index is -0.543. The lowest BCUT2D eigenvalue weighted by atomic mass is 10.2. The summed E-state index contributed by atoms with van der Waals surface area (Å²) >= 11 is 0. The molecule has 5 nitrogen and oxygen atoms in total. The van der Waals surface area contributed by atoms with Gasteiger partial charge in [-0.05, 0) is 25.1 Å². The Morgan fingerprint density at radius 1 is 1.44 bits per heavy atom. The lowest BCUT2D eigenvalue weighted by Crippen LogP contribution is -2.60. The highest BCUT2D eigenvalue weighted by molar-refractivity contribution is 5.85. The highest BCUT2D eigenvalue weighted by atomic mass is 35.5. The molecule has 0 spiro atoms. The molecule has 1 aliphatic heterocycles. The zero-order valence-corrected chi connectivity index (χ0v) is 10.9. The third-order valence-corrected chi connectivity index (χ3v) is 2.72. The third-order valence-electron chi connectivity index (χ3n) is 2.72. The van der Waals surface area contributed by atoms with Gasteiger partial charge in [-0.3, -0.25) is 10.1 Å². The summed E-state index contributed by atoms with van der Waals surface area (Å²) in [6, 6.07) is 4.60. The number of hydrogen-bond donors (Lipinski definition) is 3. The third kappa shape index (κ3) is 3.35. The average molecular weight is 273 g/mol. The molecule has 0 amide bonds. The summed E-state index contributed by atoms with van der Waals surface area (Å²) in [5.41, 5.74) is -0.118. The molecule has 1 aromatic carbocycles. The van der Waals surface area contributed by atoms with Gasteiger partial charge in [0.25, 0.3) is 0 Å². The lowest BCUT2D eigenvalue weighted by molar-refractivity contribution is 0.0356. The van der Waals surface area contributed by atoms with Crippen molar-refractivity contribution in [2.45, 2.75) is 12.6 Å². The molecule has 0 saturated carbocycles. The topological polar surface area (TPSA) is 70.6 Å². The summed E-state index contributed by atoms with van der Waals surface area (Å²) in [4.78, 5) is 10.5. The first kappa shape index (κ1) is 14.8.